The Morgan fingerprint density at radius 3 is 2.68 bits per heavy atom. The van der Waals surface area contributed by atoms with E-state index in [0.717, 1.165) is 0 Å². The topological polar surface area (TPSA) is 125 Å². The maximum absolute atomic E-state index is 11.9. The van der Waals surface area contributed by atoms with Gasteiger partial charge in [-0.1, -0.05) is 17.7 Å². The predicted molar refractivity (Wildman–Crippen MR) is 92.6 cm³/mol. The molecular weight excluding hydrogens is 350 g/mol. The zero-order chi connectivity index (χ0) is 18.6. The Morgan fingerprint density at radius 1 is 1.32 bits per heavy atom. The second-order valence-electron chi connectivity index (χ2n) is 5.07. The van der Waals surface area contributed by atoms with Crippen molar-refractivity contribution in [1.29, 1.82) is 0 Å². The highest BCUT2D eigenvalue weighted by molar-refractivity contribution is 6.33. The van der Waals surface area contributed by atoms with Crippen molar-refractivity contribution >= 4 is 40.5 Å². The van der Waals surface area contributed by atoms with Crippen LogP contribution in [0.1, 0.15) is 15.9 Å². The molecule has 0 aliphatic heterocycles. The summed E-state index contributed by atoms with van der Waals surface area (Å²) in [7, 11) is 0. The lowest BCUT2D eigenvalue weighted by Gasteiger charge is -2.09. The number of nitrogen functional groups attached to an aromatic ring is 1. The monoisotopic (exact) mass is 363 g/mol. The van der Waals surface area contributed by atoms with E-state index in [2.05, 4.69) is 5.32 Å². The first-order valence-corrected chi connectivity index (χ1v) is 7.43. The first-order valence-electron chi connectivity index (χ1n) is 7.05. The Bertz CT molecular complexity index is 854. The van der Waals surface area contributed by atoms with E-state index in [1.54, 1.807) is 0 Å². The second-order valence-corrected chi connectivity index (χ2v) is 5.47. The molecule has 0 heterocycles. The third-order valence-electron chi connectivity index (χ3n) is 3.34. The average Bonchev–Trinajstić information content (AvgIpc) is 2.56. The summed E-state index contributed by atoms with van der Waals surface area (Å²) in [6.45, 7) is 0.958. The number of amides is 1. The number of nitro groups is 1. The minimum atomic E-state index is -0.741. The fraction of sp³-hybridized carbons (Fsp3) is 0.125. The normalized spacial score (nSPS) is 10.2. The molecule has 0 bridgehead atoms. The van der Waals surface area contributed by atoms with Crippen LogP contribution >= 0.6 is 11.6 Å². The molecule has 0 atom stereocenters. The summed E-state index contributed by atoms with van der Waals surface area (Å²) in [6, 6.07) is 8.50. The number of carbonyl (C=O) groups is 2. The third-order valence-corrected chi connectivity index (χ3v) is 3.69. The number of nitro benzene ring substituents is 1. The van der Waals surface area contributed by atoms with Gasteiger partial charge in [0.05, 0.1) is 32.4 Å². The van der Waals surface area contributed by atoms with Crippen molar-refractivity contribution < 1.29 is 19.2 Å². The number of nitrogens with one attached hydrogen (secondary N) is 1. The summed E-state index contributed by atoms with van der Waals surface area (Å²) in [5, 5.41) is 13.7. The molecule has 0 spiro atoms. The first kappa shape index (κ1) is 18.2. The third kappa shape index (κ3) is 4.45. The zero-order valence-electron chi connectivity index (χ0n) is 13.1. The van der Waals surface area contributed by atoms with E-state index < -0.39 is 23.4 Å². The Kier molecular flexibility index (Phi) is 5.56. The molecule has 130 valence electrons. The minimum absolute atomic E-state index is 0.119. The summed E-state index contributed by atoms with van der Waals surface area (Å²) in [5.74, 6) is -1.37. The summed E-state index contributed by atoms with van der Waals surface area (Å²) >= 11 is 5.76. The van der Waals surface area contributed by atoms with Crippen LogP contribution in [0.5, 0.6) is 0 Å². The molecule has 0 fully saturated rings. The van der Waals surface area contributed by atoms with E-state index in [4.69, 9.17) is 22.1 Å². The second kappa shape index (κ2) is 7.63. The molecule has 0 saturated heterocycles. The molecule has 2 aromatic carbocycles. The summed E-state index contributed by atoms with van der Waals surface area (Å²) in [6.07, 6.45) is 0. The number of nitrogens with zero attached hydrogens (tertiary/aromatic N) is 1. The van der Waals surface area contributed by atoms with Crippen molar-refractivity contribution in [3.8, 4) is 0 Å². The van der Waals surface area contributed by atoms with Crippen molar-refractivity contribution in [2.45, 2.75) is 6.92 Å². The van der Waals surface area contributed by atoms with Gasteiger partial charge in [-0.25, -0.2) is 4.79 Å². The standard InChI is InChI=1S/C16H14ClN3O5/c1-9-13(3-2-4-14(9)20(23)24)19-15(21)8-25-16(22)10-5-6-11(17)12(18)7-10/h2-7H,8,18H2,1H3,(H,19,21). The molecule has 2 rings (SSSR count). The van der Waals surface area contributed by atoms with Crippen molar-refractivity contribution in [2.75, 3.05) is 17.7 Å². The van der Waals surface area contributed by atoms with Crippen LogP contribution < -0.4 is 11.1 Å². The van der Waals surface area contributed by atoms with Gasteiger partial charge in [-0.3, -0.25) is 14.9 Å². The quantitative estimate of drug-likeness (QED) is 0.364. The first-order chi connectivity index (χ1) is 11.8. The van der Waals surface area contributed by atoms with E-state index in [1.165, 1.54) is 43.3 Å². The van der Waals surface area contributed by atoms with E-state index >= 15 is 0 Å². The van der Waals surface area contributed by atoms with Gasteiger partial charge in [0.25, 0.3) is 11.6 Å². The Balaban J connectivity index is 1.99. The Hall–Kier alpha value is -3.13. The average molecular weight is 364 g/mol. The highest BCUT2D eigenvalue weighted by Crippen LogP contribution is 2.25. The SMILES string of the molecule is Cc1c(NC(=O)COC(=O)c2ccc(Cl)c(N)c2)cccc1[N+](=O)[O-]. The van der Waals surface area contributed by atoms with Gasteiger partial charge >= 0.3 is 5.97 Å². The van der Waals surface area contributed by atoms with Crippen LogP contribution in [-0.4, -0.2) is 23.4 Å². The predicted octanol–water partition coefficient (Wildman–Crippen LogP) is 2.93. The van der Waals surface area contributed by atoms with E-state index in [0.29, 0.717) is 10.6 Å². The molecule has 8 nitrogen and oxygen atoms in total. The molecule has 2 aromatic rings. The summed E-state index contributed by atoms with van der Waals surface area (Å²) in [4.78, 5) is 34.1. The fourth-order valence-electron chi connectivity index (χ4n) is 2.03. The number of rotatable bonds is 5. The number of carbonyl (C=O) groups excluding carboxylic acids is 2. The van der Waals surface area contributed by atoms with Gasteiger partial charge in [0.15, 0.2) is 6.61 Å². The van der Waals surface area contributed by atoms with Gasteiger partial charge in [0.1, 0.15) is 0 Å². The van der Waals surface area contributed by atoms with Crippen LogP contribution in [0.3, 0.4) is 0 Å². The lowest BCUT2D eigenvalue weighted by atomic mass is 10.1. The molecule has 0 radical (unpaired) electrons. The highest BCUT2D eigenvalue weighted by atomic mass is 35.5. The number of benzene rings is 2. The molecule has 25 heavy (non-hydrogen) atoms. The molecule has 0 unspecified atom stereocenters. The number of halogens is 1. The summed E-state index contributed by atoms with van der Waals surface area (Å²) < 4.78 is 4.89. The van der Waals surface area contributed by atoms with Gasteiger partial charge in [0, 0.05) is 6.07 Å². The number of hydrogen-bond donors (Lipinski definition) is 2. The largest absolute Gasteiger partial charge is 0.452 e. The lowest BCUT2D eigenvalue weighted by Crippen LogP contribution is -2.21. The minimum Gasteiger partial charge on any atom is -0.452 e. The molecule has 1 amide bonds. The van der Waals surface area contributed by atoms with Crippen LogP contribution in [0.15, 0.2) is 36.4 Å². The van der Waals surface area contributed by atoms with Gasteiger partial charge in [-0.15, -0.1) is 0 Å². The molecular formula is C16H14ClN3O5. The number of esters is 1. The van der Waals surface area contributed by atoms with Crippen LogP contribution in [-0.2, 0) is 9.53 Å². The van der Waals surface area contributed by atoms with Crippen molar-refractivity contribution in [2.24, 2.45) is 0 Å². The highest BCUT2D eigenvalue weighted by Gasteiger charge is 2.16. The molecule has 0 aromatic heterocycles. The molecule has 0 aliphatic carbocycles. The van der Waals surface area contributed by atoms with Gasteiger partial charge < -0.3 is 15.8 Å². The number of hydrogen-bond acceptors (Lipinski definition) is 6. The number of anilines is 2. The van der Waals surface area contributed by atoms with E-state index in [-0.39, 0.29) is 22.6 Å². The summed E-state index contributed by atoms with van der Waals surface area (Å²) in [5.41, 5.74) is 6.42. The lowest BCUT2D eigenvalue weighted by molar-refractivity contribution is -0.385. The van der Waals surface area contributed by atoms with E-state index in [9.17, 15) is 19.7 Å². The zero-order valence-corrected chi connectivity index (χ0v) is 13.9. The maximum atomic E-state index is 11.9. The Labute approximate surface area is 147 Å². The van der Waals surface area contributed by atoms with E-state index in [1.807, 2.05) is 0 Å². The van der Waals surface area contributed by atoms with Crippen molar-refractivity contribution in [3.05, 3.63) is 62.7 Å². The van der Waals surface area contributed by atoms with Gasteiger partial charge in [0.2, 0.25) is 0 Å². The van der Waals surface area contributed by atoms with Crippen LogP contribution in [0.25, 0.3) is 0 Å². The van der Waals surface area contributed by atoms with Crippen molar-refractivity contribution in [3.63, 3.8) is 0 Å². The maximum Gasteiger partial charge on any atom is 0.338 e. The number of ether oxygens (including phenoxy) is 1. The fourth-order valence-corrected chi connectivity index (χ4v) is 2.15. The van der Waals surface area contributed by atoms with Crippen LogP contribution in [0.4, 0.5) is 17.1 Å². The smallest absolute Gasteiger partial charge is 0.338 e. The van der Waals surface area contributed by atoms with Crippen molar-refractivity contribution in [1.82, 2.24) is 0 Å². The van der Waals surface area contributed by atoms with Crippen LogP contribution in [0.2, 0.25) is 5.02 Å². The molecule has 9 heteroatoms. The molecule has 0 saturated carbocycles. The van der Waals surface area contributed by atoms with Gasteiger partial charge in [-0.2, -0.15) is 0 Å². The number of nitrogens with two attached hydrogens (primary N) is 1. The Morgan fingerprint density at radius 2 is 2.04 bits per heavy atom. The van der Waals surface area contributed by atoms with Crippen LogP contribution in [0, 0.1) is 17.0 Å². The van der Waals surface area contributed by atoms with Gasteiger partial charge in [-0.05, 0) is 31.2 Å². The molecule has 3 N–H and O–H groups in total. The molecule has 0 aliphatic rings.